The molecule has 1 amide bonds. The molecule has 0 fully saturated rings. The number of hydrogen-bond acceptors (Lipinski definition) is 2. The van der Waals surface area contributed by atoms with Crippen molar-refractivity contribution >= 4 is 34.4 Å². The lowest BCUT2D eigenvalue weighted by atomic mass is 10.2. The van der Waals surface area contributed by atoms with Crippen molar-refractivity contribution in [2.24, 2.45) is 0 Å². The molecule has 1 aromatic carbocycles. The average molecular weight is 295 g/mol. The summed E-state index contributed by atoms with van der Waals surface area (Å²) in [4.78, 5) is 22.3. The van der Waals surface area contributed by atoms with Crippen LogP contribution in [0.4, 0.5) is 0 Å². The number of carbonyl (C=O) groups is 2. The second-order valence-electron chi connectivity index (χ2n) is 4.56. The van der Waals surface area contributed by atoms with Gasteiger partial charge in [0.2, 0.25) is 5.91 Å². The van der Waals surface area contributed by atoms with Gasteiger partial charge in [0.25, 0.3) is 0 Å². The smallest absolute Gasteiger partial charge is 0.325 e. The van der Waals surface area contributed by atoms with E-state index in [-0.39, 0.29) is 12.3 Å². The molecule has 2 aromatic rings. The predicted octanol–water partition coefficient (Wildman–Crippen LogP) is 2.27. The van der Waals surface area contributed by atoms with E-state index in [0.717, 1.165) is 10.9 Å². The van der Waals surface area contributed by atoms with Gasteiger partial charge in [-0.2, -0.15) is 0 Å². The number of carboxylic acid groups (broad SMARTS) is 1. The van der Waals surface area contributed by atoms with Crippen molar-refractivity contribution < 1.29 is 14.7 Å². The summed E-state index contributed by atoms with van der Waals surface area (Å²) in [5, 5.41) is 12.8. The number of hydrogen-bond donors (Lipinski definition) is 2. The standard InChI is InChI=1S/C14H15ClN2O3/c1-9(14(19)20)16-13(18)6-8-17-7-5-10-11(15)3-2-4-12(10)17/h2-5,7,9H,6,8H2,1H3,(H,16,18)(H,19,20). The lowest BCUT2D eigenvalue weighted by Gasteiger charge is -2.10. The van der Waals surface area contributed by atoms with Crippen LogP contribution < -0.4 is 5.32 Å². The topological polar surface area (TPSA) is 71.3 Å². The molecule has 5 nitrogen and oxygen atoms in total. The molecule has 0 saturated carbocycles. The molecule has 106 valence electrons. The Bertz CT molecular complexity index is 651. The van der Waals surface area contributed by atoms with Gasteiger partial charge in [-0.3, -0.25) is 9.59 Å². The van der Waals surface area contributed by atoms with Gasteiger partial charge in [0.15, 0.2) is 0 Å². The van der Waals surface area contributed by atoms with Gasteiger partial charge in [0.05, 0.1) is 0 Å². The van der Waals surface area contributed by atoms with Gasteiger partial charge in [-0.25, -0.2) is 0 Å². The van der Waals surface area contributed by atoms with Crippen LogP contribution in [-0.4, -0.2) is 27.6 Å². The number of halogens is 1. The number of nitrogens with one attached hydrogen (secondary N) is 1. The highest BCUT2D eigenvalue weighted by molar-refractivity contribution is 6.35. The molecule has 20 heavy (non-hydrogen) atoms. The largest absolute Gasteiger partial charge is 0.480 e. The van der Waals surface area contributed by atoms with Gasteiger partial charge in [-0.1, -0.05) is 17.7 Å². The lowest BCUT2D eigenvalue weighted by molar-refractivity contribution is -0.141. The third-order valence-corrected chi connectivity index (χ3v) is 3.42. The predicted molar refractivity (Wildman–Crippen MR) is 76.8 cm³/mol. The molecule has 2 rings (SSSR count). The van der Waals surface area contributed by atoms with Crippen LogP contribution in [-0.2, 0) is 16.1 Å². The van der Waals surface area contributed by atoms with Crippen LogP contribution >= 0.6 is 11.6 Å². The molecule has 6 heteroatoms. The fourth-order valence-electron chi connectivity index (χ4n) is 1.98. The van der Waals surface area contributed by atoms with Crippen molar-refractivity contribution in [2.75, 3.05) is 0 Å². The first kappa shape index (κ1) is 14.4. The molecule has 0 aliphatic carbocycles. The minimum Gasteiger partial charge on any atom is -0.480 e. The van der Waals surface area contributed by atoms with E-state index >= 15 is 0 Å². The van der Waals surface area contributed by atoms with Crippen molar-refractivity contribution in [3.05, 3.63) is 35.5 Å². The molecule has 0 spiro atoms. The number of aromatic nitrogens is 1. The van der Waals surface area contributed by atoms with Crippen LogP contribution in [0.3, 0.4) is 0 Å². The number of aliphatic carboxylic acids is 1. The Labute approximate surface area is 121 Å². The van der Waals surface area contributed by atoms with Gasteiger partial charge in [-0.05, 0) is 25.1 Å². The molecule has 1 unspecified atom stereocenters. The highest BCUT2D eigenvalue weighted by Gasteiger charge is 2.14. The monoisotopic (exact) mass is 294 g/mol. The van der Waals surface area contributed by atoms with Crippen LogP contribution in [0, 0.1) is 0 Å². The van der Waals surface area contributed by atoms with E-state index < -0.39 is 12.0 Å². The Hall–Kier alpha value is -2.01. The summed E-state index contributed by atoms with van der Waals surface area (Å²) in [5.41, 5.74) is 0.955. The fourth-order valence-corrected chi connectivity index (χ4v) is 2.21. The number of carboxylic acids is 1. The molecule has 1 heterocycles. The molecular formula is C14H15ClN2O3. The number of carbonyl (C=O) groups excluding carboxylic acids is 1. The van der Waals surface area contributed by atoms with E-state index in [1.165, 1.54) is 6.92 Å². The molecule has 0 aliphatic rings. The third-order valence-electron chi connectivity index (χ3n) is 3.09. The highest BCUT2D eigenvalue weighted by Crippen LogP contribution is 2.24. The van der Waals surface area contributed by atoms with Gasteiger partial charge in [-0.15, -0.1) is 0 Å². The number of rotatable bonds is 5. The van der Waals surface area contributed by atoms with Crippen molar-refractivity contribution in [1.82, 2.24) is 9.88 Å². The summed E-state index contributed by atoms with van der Waals surface area (Å²) in [5.74, 6) is -1.33. The summed E-state index contributed by atoms with van der Waals surface area (Å²) in [7, 11) is 0. The summed E-state index contributed by atoms with van der Waals surface area (Å²) in [6.45, 7) is 1.91. The van der Waals surface area contributed by atoms with E-state index in [1.807, 2.05) is 35.0 Å². The quantitative estimate of drug-likeness (QED) is 0.888. The number of benzene rings is 1. The van der Waals surface area contributed by atoms with Crippen LogP contribution in [0.15, 0.2) is 30.5 Å². The number of aryl methyl sites for hydroxylation is 1. The van der Waals surface area contributed by atoms with E-state index in [0.29, 0.717) is 11.6 Å². The molecule has 0 radical (unpaired) electrons. The number of amides is 1. The zero-order valence-corrected chi connectivity index (χ0v) is 11.7. The van der Waals surface area contributed by atoms with E-state index in [4.69, 9.17) is 16.7 Å². The molecule has 1 atom stereocenters. The molecule has 0 bridgehead atoms. The maximum Gasteiger partial charge on any atom is 0.325 e. The Morgan fingerprint density at radius 1 is 1.40 bits per heavy atom. The molecule has 2 N–H and O–H groups in total. The zero-order valence-electron chi connectivity index (χ0n) is 11.0. The molecule has 0 saturated heterocycles. The number of nitrogens with zero attached hydrogens (tertiary/aromatic N) is 1. The van der Waals surface area contributed by atoms with Gasteiger partial charge < -0.3 is 15.0 Å². The first-order chi connectivity index (χ1) is 9.49. The number of fused-ring (bicyclic) bond motifs is 1. The summed E-state index contributed by atoms with van der Waals surface area (Å²) in [6.07, 6.45) is 2.08. The van der Waals surface area contributed by atoms with Crippen LogP contribution in [0.1, 0.15) is 13.3 Å². The SMILES string of the molecule is CC(NC(=O)CCn1ccc2c(Cl)cccc21)C(=O)O. The lowest BCUT2D eigenvalue weighted by Crippen LogP contribution is -2.38. The maximum absolute atomic E-state index is 11.6. The zero-order chi connectivity index (χ0) is 14.7. The average Bonchev–Trinajstić information content (AvgIpc) is 2.81. The Kier molecular flexibility index (Phi) is 4.29. The summed E-state index contributed by atoms with van der Waals surface area (Å²) in [6, 6.07) is 6.62. The molecule has 1 aromatic heterocycles. The fraction of sp³-hybridized carbons (Fsp3) is 0.286. The second-order valence-corrected chi connectivity index (χ2v) is 4.97. The minimum atomic E-state index is -1.04. The van der Waals surface area contributed by atoms with Crippen molar-refractivity contribution in [1.29, 1.82) is 0 Å². The second kappa shape index (κ2) is 5.96. The Morgan fingerprint density at radius 3 is 2.85 bits per heavy atom. The summed E-state index contributed by atoms with van der Waals surface area (Å²) < 4.78 is 1.92. The minimum absolute atomic E-state index is 0.216. The Morgan fingerprint density at radius 2 is 2.15 bits per heavy atom. The van der Waals surface area contributed by atoms with Gasteiger partial charge >= 0.3 is 5.97 Å². The normalized spacial score (nSPS) is 12.3. The third kappa shape index (κ3) is 3.11. The maximum atomic E-state index is 11.6. The molecule has 0 aliphatic heterocycles. The molecular weight excluding hydrogens is 280 g/mol. The van der Waals surface area contributed by atoms with E-state index in [2.05, 4.69) is 5.32 Å². The van der Waals surface area contributed by atoms with Gasteiger partial charge in [0.1, 0.15) is 6.04 Å². The van der Waals surface area contributed by atoms with Crippen LogP contribution in [0.5, 0.6) is 0 Å². The van der Waals surface area contributed by atoms with Crippen LogP contribution in [0.2, 0.25) is 5.02 Å². The summed E-state index contributed by atoms with van der Waals surface area (Å²) >= 11 is 6.08. The van der Waals surface area contributed by atoms with E-state index in [9.17, 15) is 9.59 Å². The first-order valence-electron chi connectivity index (χ1n) is 6.24. The van der Waals surface area contributed by atoms with Crippen molar-refractivity contribution in [3.8, 4) is 0 Å². The van der Waals surface area contributed by atoms with E-state index in [1.54, 1.807) is 0 Å². The van der Waals surface area contributed by atoms with Crippen LogP contribution in [0.25, 0.3) is 10.9 Å². The first-order valence-corrected chi connectivity index (χ1v) is 6.62. The van der Waals surface area contributed by atoms with Gasteiger partial charge in [0, 0.05) is 35.1 Å². The highest BCUT2D eigenvalue weighted by atomic mass is 35.5. The Balaban J connectivity index is 2.01. The van der Waals surface area contributed by atoms with Crippen molar-refractivity contribution in [2.45, 2.75) is 25.9 Å². The van der Waals surface area contributed by atoms with Crippen molar-refractivity contribution in [3.63, 3.8) is 0 Å².